The number of piperidine rings is 1. The summed E-state index contributed by atoms with van der Waals surface area (Å²) in [6.45, 7) is 3.94. The molecule has 1 saturated heterocycles. The lowest BCUT2D eigenvalue weighted by Crippen LogP contribution is -2.45. The molecule has 5 nitrogen and oxygen atoms in total. The van der Waals surface area contributed by atoms with Gasteiger partial charge in [0.15, 0.2) is 0 Å². The number of nitrogens with one attached hydrogen (secondary N) is 1. The Hall–Kier alpha value is -1.17. The quantitative estimate of drug-likeness (QED) is 0.647. The Balaban J connectivity index is 1.66. The average Bonchev–Trinajstić information content (AvgIpc) is 3.09. The van der Waals surface area contributed by atoms with Crippen LogP contribution in [0.1, 0.15) is 44.3 Å². The van der Waals surface area contributed by atoms with Gasteiger partial charge in [-0.05, 0) is 25.7 Å². The standard InChI is InChI=1S/C12H19N5S/c1-12(10(13)14)4-6-17(7-5-12)11-15-9(16-18-11)8-2-3-8/h8H,2-7H2,1H3,(H3,13,14). The summed E-state index contributed by atoms with van der Waals surface area (Å²) in [6, 6.07) is 0. The molecule has 3 N–H and O–H groups in total. The Morgan fingerprint density at radius 2 is 2.11 bits per heavy atom. The SMILES string of the molecule is CC1(C(=N)N)CCN(c2nc(C3CC3)ns2)CC1. The summed E-state index contributed by atoms with van der Waals surface area (Å²) in [5.41, 5.74) is 5.55. The van der Waals surface area contributed by atoms with Crippen molar-refractivity contribution >= 4 is 22.5 Å². The summed E-state index contributed by atoms with van der Waals surface area (Å²) in [6.07, 6.45) is 4.36. The number of aromatic nitrogens is 2. The van der Waals surface area contributed by atoms with Gasteiger partial charge in [-0.2, -0.15) is 4.37 Å². The highest BCUT2D eigenvalue weighted by molar-refractivity contribution is 7.09. The fourth-order valence-corrected chi connectivity index (χ4v) is 3.12. The van der Waals surface area contributed by atoms with Crippen molar-refractivity contribution in [2.45, 2.75) is 38.5 Å². The van der Waals surface area contributed by atoms with E-state index in [2.05, 4.69) is 21.2 Å². The molecule has 0 amide bonds. The molecule has 3 rings (SSSR count). The van der Waals surface area contributed by atoms with Crippen molar-refractivity contribution in [3.8, 4) is 0 Å². The second-order valence-electron chi connectivity index (χ2n) is 5.67. The minimum absolute atomic E-state index is 0.124. The van der Waals surface area contributed by atoms with Crippen LogP contribution in [0.15, 0.2) is 0 Å². The molecule has 98 valence electrons. The second-order valence-corrected chi connectivity index (χ2v) is 6.40. The van der Waals surface area contributed by atoms with Crippen molar-refractivity contribution in [2.24, 2.45) is 11.1 Å². The van der Waals surface area contributed by atoms with Crippen LogP contribution < -0.4 is 10.6 Å². The third-order valence-electron chi connectivity index (χ3n) is 4.16. The van der Waals surface area contributed by atoms with Gasteiger partial charge < -0.3 is 10.6 Å². The summed E-state index contributed by atoms with van der Waals surface area (Å²) >= 11 is 1.51. The van der Waals surface area contributed by atoms with E-state index in [1.807, 2.05) is 0 Å². The van der Waals surface area contributed by atoms with Crippen LogP contribution in [0.25, 0.3) is 0 Å². The molecule has 1 aliphatic heterocycles. The van der Waals surface area contributed by atoms with Gasteiger partial charge in [-0.3, -0.25) is 5.41 Å². The van der Waals surface area contributed by atoms with Crippen LogP contribution in [-0.4, -0.2) is 28.3 Å². The molecule has 0 radical (unpaired) electrons. The number of amidine groups is 1. The van der Waals surface area contributed by atoms with Gasteiger partial charge in [-0.25, -0.2) is 4.98 Å². The van der Waals surface area contributed by atoms with Crippen molar-refractivity contribution in [3.05, 3.63) is 5.82 Å². The molecule has 0 atom stereocenters. The molecule has 1 aromatic heterocycles. The zero-order valence-electron chi connectivity index (χ0n) is 10.6. The first-order chi connectivity index (χ1) is 8.58. The maximum Gasteiger partial charge on any atom is 0.205 e. The van der Waals surface area contributed by atoms with Crippen LogP contribution >= 0.6 is 11.5 Å². The molecular weight excluding hydrogens is 246 g/mol. The second kappa shape index (κ2) is 4.19. The van der Waals surface area contributed by atoms with Crippen LogP contribution in [0.4, 0.5) is 5.13 Å². The van der Waals surface area contributed by atoms with Crippen molar-refractivity contribution in [1.29, 1.82) is 5.41 Å². The van der Waals surface area contributed by atoms with E-state index in [0.717, 1.165) is 36.9 Å². The third kappa shape index (κ3) is 2.09. The zero-order valence-corrected chi connectivity index (χ0v) is 11.5. The largest absolute Gasteiger partial charge is 0.387 e. The summed E-state index contributed by atoms with van der Waals surface area (Å²) in [5, 5.41) is 8.70. The Labute approximate surface area is 111 Å². The number of hydrogen-bond donors (Lipinski definition) is 2. The molecule has 6 heteroatoms. The molecule has 0 unspecified atom stereocenters. The van der Waals surface area contributed by atoms with E-state index in [1.54, 1.807) is 0 Å². The van der Waals surface area contributed by atoms with E-state index in [4.69, 9.17) is 11.1 Å². The minimum Gasteiger partial charge on any atom is -0.387 e. The lowest BCUT2D eigenvalue weighted by atomic mass is 9.79. The monoisotopic (exact) mass is 265 g/mol. The lowest BCUT2D eigenvalue weighted by Gasteiger charge is -2.38. The summed E-state index contributed by atoms with van der Waals surface area (Å²) in [4.78, 5) is 6.92. The number of hydrogen-bond acceptors (Lipinski definition) is 5. The van der Waals surface area contributed by atoms with Gasteiger partial charge in [0, 0.05) is 36.0 Å². The van der Waals surface area contributed by atoms with Crippen LogP contribution in [0.2, 0.25) is 0 Å². The molecule has 1 aromatic rings. The first-order valence-corrected chi connectivity index (χ1v) is 7.29. The number of rotatable bonds is 3. The van der Waals surface area contributed by atoms with Crippen LogP contribution in [0.3, 0.4) is 0 Å². The maximum absolute atomic E-state index is 7.66. The van der Waals surface area contributed by atoms with Crippen molar-refractivity contribution in [3.63, 3.8) is 0 Å². The van der Waals surface area contributed by atoms with Gasteiger partial charge in [0.25, 0.3) is 0 Å². The lowest BCUT2D eigenvalue weighted by molar-refractivity contribution is 0.351. The van der Waals surface area contributed by atoms with Crippen LogP contribution in [-0.2, 0) is 0 Å². The van der Waals surface area contributed by atoms with Gasteiger partial charge in [0.1, 0.15) is 5.82 Å². The summed E-state index contributed by atoms with van der Waals surface area (Å²) < 4.78 is 4.45. The molecule has 1 aliphatic carbocycles. The van der Waals surface area contributed by atoms with Crippen LogP contribution in [0.5, 0.6) is 0 Å². The smallest absolute Gasteiger partial charge is 0.205 e. The van der Waals surface area contributed by atoms with E-state index in [0.29, 0.717) is 11.8 Å². The molecule has 2 fully saturated rings. The average molecular weight is 265 g/mol. The van der Waals surface area contributed by atoms with E-state index < -0.39 is 0 Å². The zero-order chi connectivity index (χ0) is 12.8. The minimum atomic E-state index is -0.124. The van der Waals surface area contributed by atoms with Gasteiger partial charge in [-0.1, -0.05) is 6.92 Å². The molecular formula is C12H19N5S. The van der Waals surface area contributed by atoms with Crippen molar-refractivity contribution in [1.82, 2.24) is 9.36 Å². The Morgan fingerprint density at radius 1 is 1.44 bits per heavy atom. The van der Waals surface area contributed by atoms with E-state index >= 15 is 0 Å². The third-order valence-corrected chi connectivity index (χ3v) is 4.95. The van der Waals surface area contributed by atoms with E-state index in [-0.39, 0.29) is 5.41 Å². The topological polar surface area (TPSA) is 78.9 Å². The number of nitrogens with zero attached hydrogens (tertiary/aromatic N) is 3. The Morgan fingerprint density at radius 3 is 2.67 bits per heavy atom. The number of nitrogens with two attached hydrogens (primary N) is 1. The Bertz CT molecular complexity index is 457. The molecule has 18 heavy (non-hydrogen) atoms. The first kappa shape index (κ1) is 11.9. The molecule has 0 bridgehead atoms. The predicted molar refractivity (Wildman–Crippen MR) is 73.4 cm³/mol. The normalized spacial score (nSPS) is 23.1. The van der Waals surface area contributed by atoms with Gasteiger partial charge in [0.2, 0.25) is 5.13 Å². The van der Waals surface area contributed by atoms with Crippen LogP contribution in [0, 0.1) is 10.8 Å². The maximum atomic E-state index is 7.66. The van der Waals surface area contributed by atoms with Gasteiger partial charge >= 0.3 is 0 Å². The highest BCUT2D eigenvalue weighted by atomic mass is 32.1. The molecule has 0 aromatic carbocycles. The summed E-state index contributed by atoms with van der Waals surface area (Å²) in [7, 11) is 0. The highest BCUT2D eigenvalue weighted by Crippen LogP contribution is 2.40. The van der Waals surface area contributed by atoms with Crippen molar-refractivity contribution in [2.75, 3.05) is 18.0 Å². The molecule has 1 saturated carbocycles. The highest BCUT2D eigenvalue weighted by Gasteiger charge is 2.34. The van der Waals surface area contributed by atoms with E-state index in [9.17, 15) is 0 Å². The Kier molecular flexibility index (Phi) is 2.77. The molecule has 2 heterocycles. The van der Waals surface area contributed by atoms with Crippen molar-refractivity contribution < 1.29 is 0 Å². The fourth-order valence-electron chi connectivity index (χ4n) is 2.32. The van der Waals surface area contributed by atoms with Gasteiger partial charge in [-0.15, -0.1) is 0 Å². The molecule has 2 aliphatic rings. The van der Waals surface area contributed by atoms with E-state index in [1.165, 1.54) is 24.4 Å². The molecule has 0 spiro atoms. The van der Waals surface area contributed by atoms with Gasteiger partial charge in [0.05, 0.1) is 5.84 Å². The fraction of sp³-hybridized carbons (Fsp3) is 0.750. The number of anilines is 1. The first-order valence-electron chi connectivity index (χ1n) is 6.51. The summed E-state index contributed by atoms with van der Waals surface area (Å²) in [5.74, 6) is 1.98. The predicted octanol–water partition coefficient (Wildman–Crippen LogP) is 1.96.